The number of halogens is 1. The predicted molar refractivity (Wildman–Crippen MR) is 73.3 cm³/mol. The molecular formula is C12H16ClNO3S. The molecule has 0 radical (unpaired) electrons. The van der Waals surface area contributed by atoms with Crippen molar-refractivity contribution in [1.82, 2.24) is 4.90 Å². The first-order chi connectivity index (χ1) is 8.63. The zero-order chi connectivity index (χ0) is 13.5. The highest BCUT2D eigenvalue weighted by Gasteiger charge is 2.18. The van der Waals surface area contributed by atoms with Gasteiger partial charge in [0, 0.05) is 18.0 Å². The smallest absolute Gasteiger partial charge is 0.255 e. The molecule has 1 rings (SSSR count). The van der Waals surface area contributed by atoms with E-state index in [9.17, 15) is 4.79 Å². The molecule has 100 valence electrons. The number of hydrogen-bond donors (Lipinski definition) is 2. The van der Waals surface area contributed by atoms with Gasteiger partial charge >= 0.3 is 0 Å². The Morgan fingerprint density at radius 1 is 1.33 bits per heavy atom. The summed E-state index contributed by atoms with van der Waals surface area (Å²) >= 11 is 7.53. The topological polar surface area (TPSA) is 60.8 Å². The third kappa shape index (κ3) is 3.88. The van der Waals surface area contributed by atoms with Crippen LogP contribution < -0.4 is 0 Å². The van der Waals surface area contributed by atoms with Gasteiger partial charge in [-0.25, -0.2) is 0 Å². The predicted octanol–water partition coefficient (Wildman–Crippen LogP) is 1.49. The van der Waals surface area contributed by atoms with Gasteiger partial charge in [-0.1, -0.05) is 11.6 Å². The lowest BCUT2D eigenvalue weighted by molar-refractivity contribution is 0.0684. The van der Waals surface area contributed by atoms with Gasteiger partial charge in [-0.05, 0) is 24.5 Å². The maximum Gasteiger partial charge on any atom is 0.255 e. The maximum absolute atomic E-state index is 12.2. The summed E-state index contributed by atoms with van der Waals surface area (Å²) in [4.78, 5) is 14.5. The molecule has 0 saturated heterocycles. The molecule has 0 saturated carbocycles. The van der Waals surface area contributed by atoms with Crippen LogP contribution in [0.2, 0.25) is 5.02 Å². The summed E-state index contributed by atoms with van der Waals surface area (Å²) in [6.45, 7) is 0.0651. The van der Waals surface area contributed by atoms with Crippen LogP contribution in [0.25, 0.3) is 0 Å². The molecule has 0 aromatic heterocycles. The number of rotatable bonds is 6. The Balaban J connectivity index is 2.99. The minimum Gasteiger partial charge on any atom is -0.395 e. The summed E-state index contributed by atoms with van der Waals surface area (Å²) in [6.07, 6.45) is 1.91. The second-order valence-corrected chi connectivity index (χ2v) is 4.87. The van der Waals surface area contributed by atoms with Crippen LogP contribution in [0.1, 0.15) is 10.4 Å². The summed E-state index contributed by atoms with van der Waals surface area (Å²) in [5.41, 5.74) is 0.394. The molecule has 0 fully saturated rings. The molecule has 0 unspecified atom stereocenters. The number of carbonyl (C=O) groups excluding carboxylic acids is 1. The molecule has 0 bridgehead atoms. The second kappa shape index (κ2) is 7.63. The molecular weight excluding hydrogens is 274 g/mol. The number of aliphatic hydroxyl groups excluding tert-OH is 2. The van der Waals surface area contributed by atoms with Crippen molar-refractivity contribution in [3.05, 3.63) is 28.8 Å². The summed E-state index contributed by atoms with van der Waals surface area (Å²) in [5, 5.41) is 18.2. The first kappa shape index (κ1) is 15.3. The Labute approximate surface area is 116 Å². The summed E-state index contributed by atoms with van der Waals surface area (Å²) in [5.74, 6) is -0.279. The van der Waals surface area contributed by atoms with Crippen molar-refractivity contribution in [2.24, 2.45) is 0 Å². The highest BCUT2D eigenvalue weighted by atomic mass is 35.5. The van der Waals surface area contributed by atoms with E-state index in [0.717, 1.165) is 4.90 Å². The fourth-order valence-electron chi connectivity index (χ4n) is 1.52. The Kier molecular flexibility index (Phi) is 6.49. The van der Waals surface area contributed by atoms with Gasteiger partial charge in [0.25, 0.3) is 5.91 Å². The van der Waals surface area contributed by atoms with E-state index in [4.69, 9.17) is 21.8 Å². The second-order valence-electron chi connectivity index (χ2n) is 3.59. The van der Waals surface area contributed by atoms with Crippen LogP contribution in [0.3, 0.4) is 0 Å². The lowest BCUT2D eigenvalue weighted by atomic mass is 10.2. The van der Waals surface area contributed by atoms with Crippen LogP contribution in [0, 0.1) is 0 Å². The summed E-state index contributed by atoms with van der Waals surface area (Å²) in [7, 11) is 0. The van der Waals surface area contributed by atoms with Gasteiger partial charge in [-0.2, -0.15) is 0 Å². The molecule has 4 nitrogen and oxygen atoms in total. The number of carbonyl (C=O) groups is 1. The molecule has 2 N–H and O–H groups in total. The fourth-order valence-corrected chi connectivity index (χ4v) is 2.16. The average molecular weight is 290 g/mol. The van der Waals surface area contributed by atoms with E-state index in [1.54, 1.807) is 12.1 Å². The van der Waals surface area contributed by atoms with Gasteiger partial charge in [-0.15, -0.1) is 11.8 Å². The van der Waals surface area contributed by atoms with Crippen molar-refractivity contribution in [2.75, 3.05) is 32.6 Å². The SMILES string of the molecule is CSc1ccc(Cl)c(C(=O)N(CCO)CCO)c1. The van der Waals surface area contributed by atoms with Crippen molar-refractivity contribution >= 4 is 29.3 Å². The zero-order valence-corrected chi connectivity index (χ0v) is 11.7. The van der Waals surface area contributed by atoms with E-state index in [2.05, 4.69) is 0 Å². The fraction of sp³-hybridized carbons (Fsp3) is 0.417. The molecule has 0 aliphatic heterocycles. The number of hydrogen-bond acceptors (Lipinski definition) is 4. The van der Waals surface area contributed by atoms with Crippen molar-refractivity contribution in [3.8, 4) is 0 Å². The molecule has 1 aromatic rings. The molecule has 18 heavy (non-hydrogen) atoms. The molecule has 1 aromatic carbocycles. The van der Waals surface area contributed by atoms with Gasteiger partial charge in [0.15, 0.2) is 0 Å². The van der Waals surface area contributed by atoms with Crippen LogP contribution in [-0.4, -0.2) is 53.6 Å². The Morgan fingerprint density at radius 3 is 2.44 bits per heavy atom. The van der Waals surface area contributed by atoms with Crippen molar-refractivity contribution in [2.45, 2.75) is 4.90 Å². The van der Waals surface area contributed by atoms with E-state index in [1.807, 2.05) is 12.3 Å². The van der Waals surface area contributed by atoms with Gasteiger partial charge in [0.2, 0.25) is 0 Å². The molecule has 0 heterocycles. The van der Waals surface area contributed by atoms with Gasteiger partial charge in [0.05, 0.1) is 23.8 Å². The standard InChI is InChI=1S/C12H16ClNO3S/c1-18-9-2-3-11(13)10(8-9)12(17)14(4-6-15)5-7-16/h2-3,8,15-16H,4-7H2,1H3. The lowest BCUT2D eigenvalue weighted by Gasteiger charge is -2.21. The lowest BCUT2D eigenvalue weighted by Crippen LogP contribution is -2.36. The van der Waals surface area contributed by atoms with Crippen LogP contribution in [0.5, 0.6) is 0 Å². The number of aliphatic hydroxyl groups is 2. The van der Waals surface area contributed by atoms with Crippen molar-refractivity contribution < 1.29 is 15.0 Å². The molecule has 0 atom stereocenters. The number of benzene rings is 1. The van der Waals surface area contributed by atoms with E-state index in [0.29, 0.717) is 10.6 Å². The van der Waals surface area contributed by atoms with Gasteiger partial charge in [0.1, 0.15) is 0 Å². The van der Waals surface area contributed by atoms with E-state index in [-0.39, 0.29) is 32.2 Å². The third-order valence-electron chi connectivity index (χ3n) is 2.43. The monoisotopic (exact) mass is 289 g/mol. The Hall–Kier alpha value is -0.750. The minimum atomic E-state index is -0.279. The first-order valence-electron chi connectivity index (χ1n) is 5.48. The van der Waals surface area contributed by atoms with Crippen LogP contribution in [0.4, 0.5) is 0 Å². The third-order valence-corrected chi connectivity index (χ3v) is 3.49. The highest BCUT2D eigenvalue weighted by Crippen LogP contribution is 2.24. The largest absolute Gasteiger partial charge is 0.395 e. The number of nitrogens with zero attached hydrogens (tertiary/aromatic N) is 1. The number of amides is 1. The highest BCUT2D eigenvalue weighted by molar-refractivity contribution is 7.98. The molecule has 0 aliphatic rings. The molecule has 0 aliphatic carbocycles. The van der Waals surface area contributed by atoms with E-state index < -0.39 is 0 Å². The normalized spacial score (nSPS) is 10.4. The first-order valence-corrected chi connectivity index (χ1v) is 7.08. The quantitative estimate of drug-likeness (QED) is 0.779. The molecule has 0 spiro atoms. The van der Waals surface area contributed by atoms with E-state index >= 15 is 0 Å². The van der Waals surface area contributed by atoms with Gasteiger partial charge in [-0.3, -0.25) is 4.79 Å². The minimum absolute atomic E-state index is 0.147. The Morgan fingerprint density at radius 2 is 1.94 bits per heavy atom. The zero-order valence-electron chi connectivity index (χ0n) is 10.1. The average Bonchev–Trinajstić information content (AvgIpc) is 2.38. The molecule has 1 amide bonds. The maximum atomic E-state index is 12.2. The van der Waals surface area contributed by atoms with Gasteiger partial charge < -0.3 is 15.1 Å². The Bertz CT molecular complexity index is 408. The van der Waals surface area contributed by atoms with Crippen LogP contribution >= 0.6 is 23.4 Å². The summed E-state index contributed by atoms with van der Waals surface area (Å²) in [6, 6.07) is 5.24. The van der Waals surface area contributed by atoms with Crippen LogP contribution in [-0.2, 0) is 0 Å². The number of thioether (sulfide) groups is 1. The van der Waals surface area contributed by atoms with E-state index in [1.165, 1.54) is 16.7 Å². The molecule has 6 heteroatoms. The van der Waals surface area contributed by atoms with Crippen molar-refractivity contribution in [3.63, 3.8) is 0 Å². The van der Waals surface area contributed by atoms with Crippen LogP contribution in [0.15, 0.2) is 23.1 Å². The van der Waals surface area contributed by atoms with Crippen molar-refractivity contribution in [1.29, 1.82) is 0 Å². The summed E-state index contributed by atoms with van der Waals surface area (Å²) < 4.78 is 0.